The molecule has 3 rings (SSSR count). The monoisotopic (exact) mass is 288 g/mol. The fraction of sp³-hybridized carbons (Fsp3) is 0.529. The van der Waals surface area contributed by atoms with Crippen LogP contribution in [0.25, 0.3) is 0 Å². The molecule has 0 aromatic heterocycles. The first-order valence-corrected chi connectivity index (χ1v) is 7.50. The van der Waals surface area contributed by atoms with E-state index in [0.717, 1.165) is 42.6 Å². The van der Waals surface area contributed by atoms with Crippen LogP contribution < -0.4 is 4.74 Å². The number of aryl methyl sites for hydroxylation is 1. The number of methoxy groups -OCH3 is 1. The van der Waals surface area contributed by atoms with Gasteiger partial charge >= 0.3 is 5.97 Å². The van der Waals surface area contributed by atoms with Crippen molar-refractivity contribution < 1.29 is 19.1 Å². The van der Waals surface area contributed by atoms with Crippen molar-refractivity contribution in [3.8, 4) is 5.75 Å². The Bertz CT molecular complexity index is 597. The Balaban J connectivity index is 1.98. The van der Waals surface area contributed by atoms with Gasteiger partial charge in [-0.05, 0) is 50.3 Å². The van der Waals surface area contributed by atoms with Gasteiger partial charge in [0.15, 0.2) is 11.4 Å². The molecule has 0 saturated heterocycles. The molecule has 1 aliphatic heterocycles. The number of hydrogen-bond acceptors (Lipinski definition) is 4. The van der Waals surface area contributed by atoms with Gasteiger partial charge in [-0.3, -0.25) is 4.79 Å². The van der Waals surface area contributed by atoms with E-state index in [0.29, 0.717) is 12.0 Å². The minimum Gasteiger partial charge on any atom is -0.479 e. The summed E-state index contributed by atoms with van der Waals surface area (Å²) in [5.41, 5.74) is 1.50. The molecule has 1 saturated carbocycles. The van der Waals surface area contributed by atoms with Gasteiger partial charge in [0.1, 0.15) is 5.75 Å². The molecule has 4 nitrogen and oxygen atoms in total. The van der Waals surface area contributed by atoms with Crippen LogP contribution in [0.5, 0.6) is 5.75 Å². The zero-order valence-electron chi connectivity index (χ0n) is 12.5. The normalized spacial score (nSPS) is 19.8. The quantitative estimate of drug-likeness (QED) is 0.745. The summed E-state index contributed by atoms with van der Waals surface area (Å²) in [7, 11) is 1.36. The second-order valence-corrected chi connectivity index (χ2v) is 6.02. The summed E-state index contributed by atoms with van der Waals surface area (Å²) >= 11 is 0. The molecular weight excluding hydrogens is 268 g/mol. The van der Waals surface area contributed by atoms with E-state index in [-0.39, 0.29) is 11.8 Å². The lowest BCUT2D eigenvalue weighted by Gasteiger charge is -2.40. The minimum absolute atomic E-state index is 0.148. The number of rotatable bonds is 1. The molecule has 0 N–H and O–H groups in total. The topological polar surface area (TPSA) is 52.6 Å². The van der Waals surface area contributed by atoms with E-state index < -0.39 is 5.60 Å². The molecule has 1 aromatic rings. The van der Waals surface area contributed by atoms with Crippen molar-refractivity contribution in [3.05, 3.63) is 28.8 Å². The summed E-state index contributed by atoms with van der Waals surface area (Å²) in [5, 5.41) is 0. The lowest BCUT2D eigenvalue weighted by atomic mass is 9.77. The number of ketones is 1. The third-order valence-electron chi connectivity index (χ3n) is 4.64. The van der Waals surface area contributed by atoms with Crippen molar-refractivity contribution in [2.75, 3.05) is 7.11 Å². The molecule has 112 valence electrons. The first kappa shape index (κ1) is 14.1. The zero-order chi connectivity index (χ0) is 15.0. The van der Waals surface area contributed by atoms with Crippen molar-refractivity contribution >= 4 is 11.8 Å². The Labute approximate surface area is 124 Å². The maximum atomic E-state index is 12.5. The third kappa shape index (κ3) is 2.33. The van der Waals surface area contributed by atoms with Gasteiger partial charge in [-0.1, -0.05) is 6.42 Å². The Hall–Kier alpha value is -1.84. The van der Waals surface area contributed by atoms with Crippen LogP contribution in [0.4, 0.5) is 0 Å². The number of benzene rings is 1. The molecule has 2 aliphatic rings. The highest BCUT2D eigenvalue weighted by Gasteiger charge is 2.44. The highest BCUT2D eigenvalue weighted by Crippen LogP contribution is 2.40. The molecule has 1 aromatic carbocycles. The second-order valence-electron chi connectivity index (χ2n) is 6.02. The van der Waals surface area contributed by atoms with Crippen LogP contribution in [-0.2, 0) is 16.0 Å². The zero-order valence-corrected chi connectivity index (χ0v) is 12.5. The number of Topliss-reactive ketones (excluding diaryl/α,β-unsaturated/α-hetero) is 1. The molecule has 0 amide bonds. The molecule has 0 bridgehead atoms. The van der Waals surface area contributed by atoms with Gasteiger partial charge in [0.2, 0.25) is 0 Å². The molecule has 0 atom stereocenters. The van der Waals surface area contributed by atoms with E-state index in [9.17, 15) is 9.59 Å². The predicted molar refractivity (Wildman–Crippen MR) is 77.7 cm³/mol. The molecule has 0 unspecified atom stereocenters. The largest absolute Gasteiger partial charge is 0.479 e. The summed E-state index contributed by atoms with van der Waals surface area (Å²) < 4.78 is 10.9. The summed E-state index contributed by atoms with van der Waals surface area (Å²) in [4.78, 5) is 24.3. The van der Waals surface area contributed by atoms with Crippen LogP contribution in [-0.4, -0.2) is 24.5 Å². The van der Waals surface area contributed by atoms with E-state index in [1.165, 1.54) is 13.5 Å². The van der Waals surface area contributed by atoms with Crippen molar-refractivity contribution in [2.45, 2.75) is 51.0 Å². The smallest absolute Gasteiger partial charge is 0.338 e. The highest BCUT2D eigenvalue weighted by atomic mass is 16.5. The van der Waals surface area contributed by atoms with Crippen LogP contribution in [0.2, 0.25) is 0 Å². The van der Waals surface area contributed by atoms with Crippen LogP contribution in [0.3, 0.4) is 0 Å². The standard InChI is InChI=1S/C17H20O4/c1-11-8-14-12(9-13(11)16(19)20-2)10-15(18)17(21-14)6-4-3-5-7-17/h8-9H,3-7,10H2,1-2H3. The van der Waals surface area contributed by atoms with Gasteiger partial charge in [-0.2, -0.15) is 0 Å². The van der Waals surface area contributed by atoms with Crippen molar-refractivity contribution in [3.63, 3.8) is 0 Å². The predicted octanol–water partition coefficient (Wildman–Crippen LogP) is 2.99. The first-order valence-electron chi connectivity index (χ1n) is 7.50. The lowest BCUT2D eigenvalue weighted by Crippen LogP contribution is -2.49. The Morgan fingerprint density at radius 2 is 1.95 bits per heavy atom. The average molecular weight is 288 g/mol. The summed E-state index contributed by atoms with van der Waals surface area (Å²) in [6.07, 6.45) is 5.22. The molecule has 1 heterocycles. The van der Waals surface area contributed by atoms with Gasteiger partial charge in [-0.15, -0.1) is 0 Å². The Kier molecular flexibility index (Phi) is 3.47. The number of fused-ring (bicyclic) bond motifs is 1. The van der Waals surface area contributed by atoms with Crippen molar-refractivity contribution in [1.29, 1.82) is 0 Å². The van der Waals surface area contributed by atoms with Crippen LogP contribution in [0, 0.1) is 6.92 Å². The summed E-state index contributed by atoms with van der Waals surface area (Å²) in [5.74, 6) is 0.525. The molecule has 1 fully saturated rings. The number of carbonyl (C=O) groups is 2. The minimum atomic E-state index is -0.621. The lowest BCUT2D eigenvalue weighted by molar-refractivity contribution is -0.138. The first-order chi connectivity index (χ1) is 10.1. The van der Waals surface area contributed by atoms with Gasteiger partial charge in [-0.25, -0.2) is 4.79 Å². The summed E-state index contributed by atoms with van der Waals surface area (Å²) in [6.45, 7) is 1.86. The average Bonchev–Trinajstić information content (AvgIpc) is 2.49. The van der Waals surface area contributed by atoms with Gasteiger partial charge in [0.05, 0.1) is 12.7 Å². The second kappa shape index (κ2) is 5.17. The number of esters is 1. The van der Waals surface area contributed by atoms with E-state index in [4.69, 9.17) is 9.47 Å². The number of hydrogen-bond donors (Lipinski definition) is 0. The SMILES string of the molecule is COC(=O)c1cc2c(cc1C)OC1(CCCCC1)C(=O)C2. The Morgan fingerprint density at radius 3 is 2.62 bits per heavy atom. The van der Waals surface area contributed by atoms with E-state index >= 15 is 0 Å². The van der Waals surface area contributed by atoms with Crippen LogP contribution in [0.15, 0.2) is 12.1 Å². The van der Waals surface area contributed by atoms with E-state index in [2.05, 4.69) is 0 Å². The fourth-order valence-electron chi connectivity index (χ4n) is 3.39. The van der Waals surface area contributed by atoms with Gasteiger partial charge in [0.25, 0.3) is 0 Å². The highest BCUT2D eigenvalue weighted by molar-refractivity contribution is 5.95. The molecular formula is C17H20O4. The third-order valence-corrected chi connectivity index (χ3v) is 4.64. The molecule has 4 heteroatoms. The number of ether oxygens (including phenoxy) is 2. The van der Waals surface area contributed by atoms with Crippen LogP contribution in [0.1, 0.15) is 53.6 Å². The molecule has 0 radical (unpaired) electrons. The fourth-order valence-corrected chi connectivity index (χ4v) is 3.39. The summed E-state index contributed by atoms with van der Waals surface area (Å²) in [6, 6.07) is 3.61. The maximum Gasteiger partial charge on any atom is 0.338 e. The maximum absolute atomic E-state index is 12.5. The van der Waals surface area contributed by atoms with Crippen molar-refractivity contribution in [2.24, 2.45) is 0 Å². The van der Waals surface area contributed by atoms with Crippen LogP contribution >= 0.6 is 0 Å². The van der Waals surface area contributed by atoms with Gasteiger partial charge in [0, 0.05) is 12.0 Å². The van der Waals surface area contributed by atoms with E-state index in [1.54, 1.807) is 6.07 Å². The Morgan fingerprint density at radius 1 is 1.24 bits per heavy atom. The van der Waals surface area contributed by atoms with E-state index in [1.807, 2.05) is 13.0 Å². The van der Waals surface area contributed by atoms with Gasteiger partial charge < -0.3 is 9.47 Å². The number of carbonyl (C=O) groups excluding carboxylic acids is 2. The molecule has 21 heavy (non-hydrogen) atoms. The molecule has 1 spiro atoms. The van der Waals surface area contributed by atoms with Crippen molar-refractivity contribution in [1.82, 2.24) is 0 Å². The molecule has 1 aliphatic carbocycles.